The Kier molecular flexibility index (Phi) is 6.34. The van der Waals surface area contributed by atoms with Crippen molar-refractivity contribution in [3.8, 4) is 22.3 Å². The molecule has 1 atom stereocenters. The van der Waals surface area contributed by atoms with Gasteiger partial charge in [-0.3, -0.25) is 4.79 Å². The number of nitrogens with two attached hydrogens (primary N) is 1. The van der Waals surface area contributed by atoms with Gasteiger partial charge in [-0.15, -0.1) is 0 Å². The number of carbonyl (C=O) groups is 1. The fourth-order valence-corrected chi connectivity index (χ4v) is 4.79. The molecule has 9 heteroatoms. The highest BCUT2D eigenvalue weighted by atomic mass is 19.2. The minimum Gasteiger partial charge on any atom is -0.383 e. The van der Waals surface area contributed by atoms with E-state index in [4.69, 9.17) is 10.5 Å². The Morgan fingerprint density at radius 1 is 1.08 bits per heavy atom. The highest BCUT2D eigenvalue weighted by Crippen LogP contribution is 2.36. The largest absolute Gasteiger partial charge is 0.383 e. The lowest BCUT2D eigenvalue weighted by atomic mass is 9.93. The molecule has 2 aliphatic heterocycles. The van der Waals surface area contributed by atoms with E-state index < -0.39 is 17.5 Å². The fraction of sp³-hybridized carbons (Fsp3) is 0.333. The van der Waals surface area contributed by atoms with Gasteiger partial charge in [0.2, 0.25) is 0 Å². The Morgan fingerprint density at radius 2 is 1.89 bits per heavy atom. The van der Waals surface area contributed by atoms with E-state index in [-0.39, 0.29) is 57.3 Å². The molecule has 6 nitrogen and oxygen atoms in total. The van der Waals surface area contributed by atoms with Gasteiger partial charge in [0, 0.05) is 53.6 Å². The molecule has 188 valence electrons. The van der Waals surface area contributed by atoms with Crippen LogP contribution in [0, 0.1) is 23.4 Å². The Hall–Kier alpha value is -3.59. The number of nitrogens with zero attached hydrogens (tertiary/aromatic N) is 2. The van der Waals surface area contributed by atoms with Crippen molar-refractivity contribution in [3.63, 3.8) is 0 Å². The third-order valence-corrected chi connectivity index (χ3v) is 6.88. The lowest BCUT2D eigenvalue weighted by Crippen LogP contribution is -2.45. The van der Waals surface area contributed by atoms with Gasteiger partial charge in [0.25, 0.3) is 5.91 Å². The first-order valence-corrected chi connectivity index (χ1v) is 12.0. The second kappa shape index (κ2) is 9.46. The first-order valence-electron chi connectivity index (χ1n) is 12.0. The zero-order valence-corrected chi connectivity index (χ0v) is 20.1. The van der Waals surface area contributed by atoms with Crippen LogP contribution in [0.25, 0.3) is 22.3 Å². The van der Waals surface area contributed by atoms with Crippen LogP contribution in [0.2, 0.25) is 0 Å². The molecule has 3 aromatic rings. The summed E-state index contributed by atoms with van der Waals surface area (Å²) in [4.78, 5) is 18.0. The van der Waals surface area contributed by atoms with E-state index in [0.717, 1.165) is 0 Å². The maximum Gasteiger partial charge on any atom is 0.251 e. The lowest BCUT2D eigenvalue weighted by molar-refractivity contribution is 0.0112. The number of ether oxygens (including phenoxy) is 1. The monoisotopic (exact) mass is 496 g/mol. The van der Waals surface area contributed by atoms with Gasteiger partial charge in [-0.25, -0.2) is 18.2 Å². The van der Waals surface area contributed by atoms with Crippen molar-refractivity contribution in [2.75, 3.05) is 36.9 Å². The molecule has 1 amide bonds. The molecule has 1 fully saturated rings. The summed E-state index contributed by atoms with van der Waals surface area (Å²) >= 11 is 0. The first kappa shape index (κ1) is 24.1. The summed E-state index contributed by atoms with van der Waals surface area (Å²) < 4.78 is 51.4. The van der Waals surface area contributed by atoms with E-state index >= 15 is 13.2 Å². The van der Waals surface area contributed by atoms with Crippen molar-refractivity contribution in [1.82, 2.24) is 10.3 Å². The van der Waals surface area contributed by atoms with Crippen LogP contribution in [0.1, 0.15) is 29.8 Å². The molecule has 2 aromatic carbocycles. The van der Waals surface area contributed by atoms with Gasteiger partial charge in [-0.1, -0.05) is 13.8 Å². The summed E-state index contributed by atoms with van der Waals surface area (Å²) in [6.07, 6.45) is 1.81. The number of hydrogen-bond acceptors (Lipinski definition) is 5. The first-order chi connectivity index (χ1) is 17.2. The van der Waals surface area contributed by atoms with Gasteiger partial charge in [-0.05, 0) is 48.2 Å². The number of nitrogen functional groups attached to an aromatic ring is 1. The molecular weight excluding hydrogens is 469 g/mol. The molecule has 1 saturated heterocycles. The Morgan fingerprint density at radius 3 is 2.67 bits per heavy atom. The number of halogens is 3. The third kappa shape index (κ3) is 4.28. The number of nitrogens with one attached hydrogen (secondary N) is 1. The number of aromatic nitrogens is 1. The van der Waals surface area contributed by atoms with Crippen molar-refractivity contribution in [3.05, 3.63) is 65.1 Å². The summed E-state index contributed by atoms with van der Waals surface area (Å²) in [6.45, 7) is 5.87. The van der Waals surface area contributed by atoms with E-state index in [1.165, 1.54) is 24.4 Å². The highest BCUT2D eigenvalue weighted by Gasteiger charge is 2.27. The zero-order valence-electron chi connectivity index (χ0n) is 20.1. The lowest BCUT2D eigenvalue weighted by Gasteiger charge is -2.36. The van der Waals surface area contributed by atoms with Gasteiger partial charge in [0.05, 0.1) is 18.4 Å². The quantitative estimate of drug-likeness (QED) is 0.554. The minimum absolute atomic E-state index is 0.00332. The van der Waals surface area contributed by atoms with Crippen LogP contribution < -0.4 is 16.0 Å². The number of anilines is 2. The van der Waals surface area contributed by atoms with Crippen molar-refractivity contribution in [2.24, 2.45) is 5.92 Å². The molecule has 3 heterocycles. The number of rotatable bonds is 4. The van der Waals surface area contributed by atoms with Crippen LogP contribution in [0.15, 0.2) is 36.5 Å². The average Bonchev–Trinajstić information content (AvgIpc) is 2.86. The predicted molar refractivity (Wildman–Crippen MR) is 132 cm³/mol. The fourth-order valence-electron chi connectivity index (χ4n) is 4.79. The van der Waals surface area contributed by atoms with Gasteiger partial charge in [0.1, 0.15) is 11.6 Å². The molecule has 5 rings (SSSR count). The van der Waals surface area contributed by atoms with Gasteiger partial charge in [-0.2, -0.15) is 0 Å². The van der Waals surface area contributed by atoms with Gasteiger partial charge < -0.3 is 20.7 Å². The highest BCUT2D eigenvalue weighted by molar-refractivity contribution is 5.97. The summed E-state index contributed by atoms with van der Waals surface area (Å²) in [7, 11) is 0. The Balaban J connectivity index is 1.52. The van der Waals surface area contributed by atoms with E-state index in [2.05, 4.69) is 10.3 Å². The molecule has 0 bridgehead atoms. The van der Waals surface area contributed by atoms with E-state index in [0.29, 0.717) is 38.2 Å². The molecular formula is C27H27F3N4O2. The number of benzene rings is 2. The van der Waals surface area contributed by atoms with E-state index in [1.807, 2.05) is 13.8 Å². The predicted octanol–water partition coefficient (Wildman–Crippen LogP) is 4.56. The van der Waals surface area contributed by atoms with Crippen molar-refractivity contribution >= 4 is 17.4 Å². The maximum atomic E-state index is 15.3. The van der Waals surface area contributed by atoms with Crippen molar-refractivity contribution < 1.29 is 22.7 Å². The van der Waals surface area contributed by atoms with Gasteiger partial charge >= 0.3 is 0 Å². The van der Waals surface area contributed by atoms with Crippen molar-refractivity contribution in [1.29, 1.82) is 0 Å². The summed E-state index contributed by atoms with van der Waals surface area (Å²) in [5.74, 6) is -2.66. The minimum atomic E-state index is -1.01. The molecule has 0 saturated carbocycles. The molecule has 0 spiro atoms. The van der Waals surface area contributed by atoms with Crippen LogP contribution in [-0.4, -0.2) is 43.2 Å². The maximum absolute atomic E-state index is 15.3. The molecule has 2 aliphatic rings. The smallest absolute Gasteiger partial charge is 0.251 e. The molecule has 1 aromatic heterocycles. The normalized spacial score (nSPS) is 17.8. The van der Waals surface area contributed by atoms with Gasteiger partial charge in [0.15, 0.2) is 11.6 Å². The zero-order chi connectivity index (χ0) is 25.6. The topological polar surface area (TPSA) is 80.5 Å². The second-order valence-electron chi connectivity index (χ2n) is 9.51. The summed E-state index contributed by atoms with van der Waals surface area (Å²) in [5, 5.41) is 2.68. The van der Waals surface area contributed by atoms with Crippen LogP contribution in [0.4, 0.5) is 24.7 Å². The third-order valence-electron chi connectivity index (χ3n) is 6.88. The SMILES string of the molecule is CC(C)[C@H]1CN(c2ccc(-c3cnc(N)c(-c4cc5c(cc4F)C(=O)NCC5)c3)c(F)c2F)CCO1. The molecule has 0 unspecified atom stereocenters. The van der Waals surface area contributed by atoms with E-state index in [1.54, 1.807) is 17.0 Å². The molecule has 0 radical (unpaired) electrons. The number of morpholine rings is 1. The summed E-state index contributed by atoms with van der Waals surface area (Å²) in [5.41, 5.74) is 7.85. The number of hydrogen-bond donors (Lipinski definition) is 2. The van der Waals surface area contributed by atoms with E-state index in [9.17, 15) is 4.79 Å². The van der Waals surface area contributed by atoms with Crippen molar-refractivity contribution in [2.45, 2.75) is 26.4 Å². The Labute approximate surface area is 207 Å². The van der Waals surface area contributed by atoms with Crippen LogP contribution in [-0.2, 0) is 11.2 Å². The standard InChI is InChI=1S/C27H27F3N4O2/c1-14(2)23-13-34(7-8-36-23)22-4-3-17(24(29)25(22)30)16-10-20(26(31)33-12-16)19-9-15-5-6-32-27(35)18(15)11-21(19)28/h3-4,9-12,14,23H,5-8,13H2,1-2H3,(H2,31,33)(H,32,35)/t23-/m1/s1. The average molecular weight is 497 g/mol. The second-order valence-corrected chi connectivity index (χ2v) is 9.51. The molecule has 0 aliphatic carbocycles. The molecule has 3 N–H and O–H groups in total. The summed E-state index contributed by atoms with van der Waals surface area (Å²) in [6, 6.07) is 7.29. The van der Waals surface area contributed by atoms with Crippen LogP contribution >= 0.6 is 0 Å². The number of carbonyl (C=O) groups excluding carboxylic acids is 1. The Bertz CT molecular complexity index is 1350. The van der Waals surface area contributed by atoms with Crippen LogP contribution in [0.3, 0.4) is 0 Å². The van der Waals surface area contributed by atoms with Crippen LogP contribution in [0.5, 0.6) is 0 Å². The number of amides is 1. The number of fused-ring (bicyclic) bond motifs is 1. The molecule has 36 heavy (non-hydrogen) atoms. The number of pyridine rings is 1.